The second kappa shape index (κ2) is 8.84. The van der Waals surface area contributed by atoms with Crippen LogP contribution in [0.25, 0.3) is 0 Å². The molecule has 0 saturated heterocycles. The summed E-state index contributed by atoms with van der Waals surface area (Å²) in [4.78, 5) is 12.1. The van der Waals surface area contributed by atoms with Crippen LogP contribution in [0.5, 0.6) is 0 Å². The van der Waals surface area contributed by atoms with Crippen molar-refractivity contribution < 1.29 is 4.79 Å². The topological polar surface area (TPSA) is 67.2 Å². The first-order valence-corrected chi connectivity index (χ1v) is 8.21. The van der Waals surface area contributed by atoms with Gasteiger partial charge >= 0.3 is 0 Å². The lowest BCUT2D eigenvalue weighted by Gasteiger charge is -2.05. The number of hydrogen-bond acceptors (Lipinski definition) is 4. The number of nitrogens with two attached hydrogens (primary N) is 1. The molecule has 4 nitrogen and oxygen atoms in total. The van der Waals surface area contributed by atoms with Gasteiger partial charge in [-0.1, -0.05) is 39.5 Å². The maximum absolute atomic E-state index is 11.5. The van der Waals surface area contributed by atoms with E-state index in [9.17, 15) is 4.79 Å². The minimum Gasteiger partial charge on any atom is -0.397 e. The van der Waals surface area contributed by atoms with Crippen LogP contribution in [0.4, 0.5) is 10.7 Å². The summed E-state index contributed by atoms with van der Waals surface area (Å²) in [5.41, 5.74) is 6.38. The van der Waals surface area contributed by atoms with Crippen LogP contribution in [0.1, 0.15) is 55.6 Å². The maximum Gasteiger partial charge on any atom is 0.263 e. The van der Waals surface area contributed by atoms with Crippen LogP contribution in [0.15, 0.2) is 6.07 Å². The number of carbonyl (C=O) groups excluding carboxylic acids is 1. The number of carbonyl (C=O) groups is 1. The third-order valence-electron chi connectivity index (χ3n) is 3.20. The molecule has 0 aromatic carbocycles. The lowest BCUT2D eigenvalue weighted by molar-refractivity contribution is 0.0968. The quantitative estimate of drug-likeness (QED) is 0.609. The molecule has 5 heteroatoms. The van der Waals surface area contributed by atoms with Crippen LogP contribution in [-0.2, 0) is 0 Å². The average Bonchev–Trinajstić information content (AvgIpc) is 2.77. The van der Waals surface area contributed by atoms with Crippen molar-refractivity contribution in [1.29, 1.82) is 0 Å². The summed E-state index contributed by atoms with van der Waals surface area (Å²) in [5, 5.41) is 6.92. The fraction of sp³-hybridized carbons (Fsp3) is 0.667. The van der Waals surface area contributed by atoms with Gasteiger partial charge in [-0.15, -0.1) is 11.3 Å². The highest BCUT2D eigenvalue weighted by Crippen LogP contribution is 2.29. The van der Waals surface area contributed by atoms with Gasteiger partial charge in [0.1, 0.15) is 4.88 Å². The van der Waals surface area contributed by atoms with Crippen LogP contribution in [0.2, 0.25) is 0 Å². The first-order chi connectivity index (χ1) is 9.54. The molecule has 0 aliphatic rings. The van der Waals surface area contributed by atoms with Crippen LogP contribution in [0, 0.1) is 5.92 Å². The first-order valence-electron chi connectivity index (χ1n) is 7.39. The Hall–Kier alpha value is -1.23. The number of thiophene rings is 1. The number of hydrogen-bond donors (Lipinski definition) is 3. The Labute approximate surface area is 126 Å². The normalized spacial score (nSPS) is 10.8. The Morgan fingerprint density at radius 1 is 1.30 bits per heavy atom. The summed E-state index contributed by atoms with van der Waals surface area (Å²) >= 11 is 1.42. The number of anilines is 2. The number of nitrogens with one attached hydrogen (secondary N) is 2. The minimum absolute atomic E-state index is 0.116. The molecule has 1 aromatic heterocycles. The van der Waals surface area contributed by atoms with Gasteiger partial charge in [0, 0.05) is 13.6 Å². The van der Waals surface area contributed by atoms with E-state index in [0.717, 1.165) is 23.9 Å². The number of amides is 1. The summed E-state index contributed by atoms with van der Waals surface area (Å²) < 4.78 is 0. The van der Waals surface area contributed by atoms with E-state index in [1.165, 1.54) is 37.0 Å². The smallest absolute Gasteiger partial charge is 0.263 e. The van der Waals surface area contributed by atoms with E-state index in [-0.39, 0.29) is 5.91 Å². The van der Waals surface area contributed by atoms with E-state index in [4.69, 9.17) is 5.73 Å². The highest BCUT2D eigenvalue weighted by atomic mass is 32.1. The van der Waals surface area contributed by atoms with E-state index < -0.39 is 0 Å². The highest BCUT2D eigenvalue weighted by Gasteiger charge is 2.12. The molecule has 1 aromatic rings. The molecular weight excluding hydrogens is 270 g/mol. The van der Waals surface area contributed by atoms with Crippen LogP contribution < -0.4 is 16.4 Å². The lowest BCUT2D eigenvalue weighted by atomic mass is 10.0. The van der Waals surface area contributed by atoms with Gasteiger partial charge in [0.05, 0.1) is 10.7 Å². The molecule has 0 bridgehead atoms. The molecule has 1 rings (SSSR count). The Bertz CT molecular complexity index is 415. The zero-order valence-corrected chi connectivity index (χ0v) is 13.6. The molecule has 20 heavy (non-hydrogen) atoms. The van der Waals surface area contributed by atoms with Crippen molar-refractivity contribution in [3.8, 4) is 0 Å². The molecule has 0 aliphatic heterocycles. The van der Waals surface area contributed by atoms with Crippen molar-refractivity contribution in [3.63, 3.8) is 0 Å². The lowest BCUT2D eigenvalue weighted by Crippen LogP contribution is -2.17. The van der Waals surface area contributed by atoms with Crippen molar-refractivity contribution in [2.75, 3.05) is 24.6 Å². The molecule has 0 spiro atoms. The summed E-state index contributed by atoms with van der Waals surface area (Å²) in [5.74, 6) is 0.694. The molecule has 1 heterocycles. The zero-order chi connectivity index (χ0) is 15.0. The second-order valence-electron chi connectivity index (χ2n) is 5.50. The molecule has 4 N–H and O–H groups in total. The fourth-order valence-electron chi connectivity index (χ4n) is 2.03. The van der Waals surface area contributed by atoms with E-state index in [2.05, 4.69) is 24.5 Å². The van der Waals surface area contributed by atoms with Gasteiger partial charge in [0.25, 0.3) is 5.91 Å². The van der Waals surface area contributed by atoms with Gasteiger partial charge in [0.2, 0.25) is 0 Å². The van der Waals surface area contributed by atoms with Gasteiger partial charge < -0.3 is 16.4 Å². The standard InChI is InChI=1S/C15H27N3OS/c1-11(2)8-6-4-5-7-9-18-13-10-12(16)14(20-13)15(19)17-3/h10-11,18H,4-9,16H2,1-3H3,(H,17,19). The van der Waals surface area contributed by atoms with E-state index in [1.54, 1.807) is 7.05 Å². The molecule has 0 atom stereocenters. The third-order valence-corrected chi connectivity index (χ3v) is 4.31. The van der Waals surface area contributed by atoms with Crippen molar-refractivity contribution in [1.82, 2.24) is 5.32 Å². The maximum atomic E-state index is 11.5. The zero-order valence-electron chi connectivity index (χ0n) is 12.8. The Kier molecular flexibility index (Phi) is 7.44. The Morgan fingerprint density at radius 3 is 2.65 bits per heavy atom. The molecule has 0 aliphatic carbocycles. The average molecular weight is 297 g/mol. The monoisotopic (exact) mass is 297 g/mol. The minimum atomic E-state index is -0.116. The molecule has 0 saturated carbocycles. The number of rotatable bonds is 9. The van der Waals surface area contributed by atoms with Gasteiger partial charge in [0.15, 0.2) is 0 Å². The molecule has 114 valence electrons. The van der Waals surface area contributed by atoms with Gasteiger partial charge in [-0.05, 0) is 18.4 Å². The number of nitrogen functional groups attached to an aromatic ring is 1. The van der Waals surface area contributed by atoms with Crippen LogP contribution in [0.3, 0.4) is 0 Å². The molecule has 0 unspecified atom stereocenters. The summed E-state index contributed by atoms with van der Waals surface area (Å²) in [6.07, 6.45) is 6.36. The predicted octanol–water partition coefficient (Wildman–Crippen LogP) is 3.71. The van der Waals surface area contributed by atoms with E-state index in [1.807, 2.05) is 6.07 Å². The summed E-state index contributed by atoms with van der Waals surface area (Å²) in [6.45, 7) is 5.48. The van der Waals surface area contributed by atoms with Gasteiger partial charge in [-0.2, -0.15) is 0 Å². The van der Waals surface area contributed by atoms with Crippen molar-refractivity contribution in [3.05, 3.63) is 10.9 Å². The Balaban J connectivity index is 2.21. The SMILES string of the molecule is CNC(=O)c1sc(NCCCCCCC(C)C)cc1N. The molecule has 1 amide bonds. The third kappa shape index (κ3) is 5.82. The molecular formula is C15H27N3OS. The first kappa shape index (κ1) is 16.8. The van der Waals surface area contributed by atoms with Crippen LogP contribution in [-0.4, -0.2) is 19.5 Å². The largest absolute Gasteiger partial charge is 0.397 e. The summed E-state index contributed by atoms with van der Waals surface area (Å²) in [7, 11) is 1.62. The summed E-state index contributed by atoms with van der Waals surface area (Å²) in [6, 6.07) is 1.84. The van der Waals surface area contributed by atoms with E-state index >= 15 is 0 Å². The predicted molar refractivity (Wildman–Crippen MR) is 88.5 cm³/mol. The number of unbranched alkanes of at least 4 members (excludes halogenated alkanes) is 3. The van der Waals surface area contributed by atoms with Crippen molar-refractivity contribution in [2.45, 2.75) is 46.0 Å². The molecule has 0 fully saturated rings. The highest BCUT2D eigenvalue weighted by molar-refractivity contribution is 7.18. The fourth-order valence-corrected chi connectivity index (χ4v) is 2.98. The van der Waals surface area contributed by atoms with E-state index in [0.29, 0.717) is 10.6 Å². The van der Waals surface area contributed by atoms with Crippen molar-refractivity contribution in [2.24, 2.45) is 5.92 Å². The van der Waals surface area contributed by atoms with Gasteiger partial charge in [-0.3, -0.25) is 4.79 Å². The van der Waals surface area contributed by atoms with Crippen LogP contribution >= 0.6 is 11.3 Å². The molecule has 0 radical (unpaired) electrons. The second-order valence-corrected chi connectivity index (χ2v) is 6.55. The van der Waals surface area contributed by atoms with Gasteiger partial charge in [-0.25, -0.2) is 0 Å². The Morgan fingerprint density at radius 2 is 2.00 bits per heavy atom. The van der Waals surface area contributed by atoms with Crippen molar-refractivity contribution >= 4 is 27.9 Å².